The van der Waals surface area contributed by atoms with E-state index in [4.69, 9.17) is 9.47 Å². The number of halogens is 1. The van der Waals surface area contributed by atoms with Crippen molar-refractivity contribution in [2.75, 3.05) is 13.8 Å². The lowest BCUT2D eigenvalue weighted by molar-refractivity contribution is 0.174. The van der Waals surface area contributed by atoms with Crippen LogP contribution in [0.3, 0.4) is 0 Å². The lowest BCUT2D eigenvalue weighted by Crippen LogP contribution is -2.11. The van der Waals surface area contributed by atoms with Crippen LogP contribution in [0.25, 0.3) is 11.3 Å². The first kappa shape index (κ1) is 15.6. The van der Waals surface area contributed by atoms with E-state index >= 15 is 0 Å². The lowest BCUT2D eigenvalue weighted by Gasteiger charge is -2.04. The summed E-state index contributed by atoms with van der Waals surface area (Å²) in [5, 5.41) is 6.34. The van der Waals surface area contributed by atoms with Gasteiger partial charge >= 0.3 is 0 Å². The van der Waals surface area contributed by atoms with Crippen LogP contribution in [0.15, 0.2) is 57.9 Å². The molecule has 5 nitrogen and oxygen atoms in total. The summed E-state index contributed by atoms with van der Waals surface area (Å²) in [6.45, 7) is 0.228. The topological polar surface area (TPSA) is 48.1 Å². The molecule has 0 bridgehead atoms. The Bertz CT molecular complexity index is 1020. The van der Waals surface area contributed by atoms with E-state index < -0.39 is 0 Å². The van der Waals surface area contributed by atoms with Gasteiger partial charge in [-0.25, -0.2) is 9.07 Å². The number of aromatic nitrogens is 1. The molecule has 1 aromatic heterocycles. The van der Waals surface area contributed by atoms with Crippen molar-refractivity contribution in [1.29, 1.82) is 0 Å². The van der Waals surface area contributed by atoms with E-state index in [0.29, 0.717) is 21.8 Å². The third kappa shape index (κ3) is 2.94. The van der Waals surface area contributed by atoms with Gasteiger partial charge in [0.2, 0.25) is 11.6 Å². The summed E-state index contributed by atoms with van der Waals surface area (Å²) >= 11 is 1.41. The van der Waals surface area contributed by atoms with Crippen molar-refractivity contribution < 1.29 is 13.9 Å². The van der Waals surface area contributed by atoms with Gasteiger partial charge in [0.05, 0.1) is 11.9 Å². The van der Waals surface area contributed by atoms with E-state index in [1.165, 1.54) is 17.4 Å². The van der Waals surface area contributed by atoms with Crippen molar-refractivity contribution in [3.8, 4) is 22.8 Å². The third-order valence-corrected chi connectivity index (χ3v) is 4.65. The molecule has 0 unspecified atom stereocenters. The van der Waals surface area contributed by atoms with Crippen molar-refractivity contribution in [2.24, 2.45) is 10.1 Å². The van der Waals surface area contributed by atoms with Crippen LogP contribution < -0.4 is 14.3 Å². The van der Waals surface area contributed by atoms with E-state index in [9.17, 15) is 4.39 Å². The second-order valence-electron chi connectivity index (χ2n) is 5.28. The van der Waals surface area contributed by atoms with Crippen LogP contribution in [0.5, 0.6) is 11.5 Å². The average Bonchev–Trinajstić information content (AvgIpc) is 3.26. The number of ether oxygens (including phenoxy) is 2. The Kier molecular flexibility index (Phi) is 4.07. The number of nitrogens with zero attached hydrogens (tertiary/aromatic N) is 3. The SMILES string of the molecule is CN=c1scc(-c2ccccc2F)n1/N=C/c1ccc2c(c1)OCO2. The molecule has 3 aromatic rings. The van der Waals surface area contributed by atoms with Gasteiger partial charge in [0.25, 0.3) is 0 Å². The molecule has 0 aliphatic carbocycles. The Hall–Kier alpha value is -2.93. The van der Waals surface area contributed by atoms with E-state index in [2.05, 4.69) is 10.1 Å². The molecule has 0 spiro atoms. The highest BCUT2D eigenvalue weighted by Gasteiger charge is 2.13. The van der Waals surface area contributed by atoms with Crippen molar-refractivity contribution in [3.05, 3.63) is 64.0 Å². The average molecular weight is 355 g/mol. The van der Waals surface area contributed by atoms with Crippen LogP contribution in [0.2, 0.25) is 0 Å². The van der Waals surface area contributed by atoms with Crippen molar-refractivity contribution in [1.82, 2.24) is 4.68 Å². The summed E-state index contributed by atoms with van der Waals surface area (Å²) < 4.78 is 26.5. The fraction of sp³-hybridized carbons (Fsp3) is 0.111. The zero-order chi connectivity index (χ0) is 17.2. The van der Waals surface area contributed by atoms with Gasteiger partial charge in [-0.1, -0.05) is 12.1 Å². The Morgan fingerprint density at radius 3 is 2.84 bits per heavy atom. The van der Waals surface area contributed by atoms with E-state index in [0.717, 1.165) is 11.3 Å². The predicted octanol–water partition coefficient (Wildman–Crippen LogP) is 3.50. The lowest BCUT2D eigenvalue weighted by atomic mass is 10.1. The van der Waals surface area contributed by atoms with Crippen LogP contribution in [0.1, 0.15) is 5.56 Å². The molecule has 0 saturated carbocycles. The van der Waals surface area contributed by atoms with E-state index in [-0.39, 0.29) is 12.6 Å². The fourth-order valence-electron chi connectivity index (χ4n) is 2.53. The summed E-state index contributed by atoms with van der Waals surface area (Å²) in [5.41, 5.74) is 1.99. The molecule has 7 heteroatoms. The quantitative estimate of drug-likeness (QED) is 0.675. The molecule has 1 aliphatic heterocycles. The van der Waals surface area contributed by atoms with Crippen molar-refractivity contribution in [2.45, 2.75) is 0 Å². The summed E-state index contributed by atoms with van der Waals surface area (Å²) in [5.74, 6) is 1.11. The van der Waals surface area contributed by atoms with Crippen LogP contribution in [0.4, 0.5) is 4.39 Å². The Labute approximate surface area is 147 Å². The fourth-order valence-corrected chi connectivity index (χ4v) is 3.33. The maximum absolute atomic E-state index is 14.2. The molecule has 0 amide bonds. The minimum atomic E-state index is -0.296. The molecule has 0 N–H and O–H groups in total. The minimum Gasteiger partial charge on any atom is -0.454 e. The molecular weight excluding hydrogens is 341 g/mol. The van der Waals surface area contributed by atoms with Gasteiger partial charge in [-0.2, -0.15) is 5.10 Å². The minimum absolute atomic E-state index is 0.228. The molecule has 2 aromatic carbocycles. The van der Waals surface area contributed by atoms with Gasteiger partial charge in [0, 0.05) is 18.0 Å². The maximum Gasteiger partial charge on any atom is 0.231 e. The molecular formula is C18H14FN3O2S. The van der Waals surface area contributed by atoms with Crippen LogP contribution in [0, 0.1) is 5.82 Å². The van der Waals surface area contributed by atoms with Gasteiger partial charge in [-0.3, -0.25) is 4.99 Å². The number of hydrogen-bond donors (Lipinski definition) is 0. The maximum atomic E-state index is 14.2. The van der Waals surface area contributed by atoms with Crippen LogP contribution in [-0.2, 0) is 0 Å². The smallest absolute Gasteiger partial charge is 0.231 e. The Balaban J connectivity index is 1.75. The second-order valence-corrected chi connectivity index (χ2v) is 6.11. The van der Waals surface area contributed by atoms with Gasteiger partial charge in [-0.05, 0) is 35.9 Å². The van der Waals surface area contributed by atoms with E-state index in [1.54, 1.807) is 36.1 Å². The Morgan fingerprint density at radius 2 is 2.00 bits per heavy atom. The molecule has 0 atom stereocenters. The highest BCUT2D eigenvalue weighted by atomic mass is 32.1. The van der Waals surface area contributed by atoms with Gasteiger partial charge in [0.1, 0.15) is 5.82 Å². The number of hydrogen-bond acceptors (Lipinski definition) is 5. The monoisotopic (exact) mass is 355 g/mol. The molecule has 25 heavy (non-hydrogen) atoms. The van der Waals surface area contributed by atoms with E-state index in [1.807, 2.05) is 23.6 Å². The first-order valence-corrected chi connectivity index (χ1v) is 8.46. The standard InChI is InChI=1S/C18H14FN3O2S/c1-20-18-22(15(10-25-18)13-4-2-3-5-14(13)19)21-9-12-6-7-16-17(8-12)24-11-23-16/h2-10H,11H2,1H3/b20-18?,21-9+. The zero-order valence-electron chi connectivity index (χ0n) is 13.3. The first-order chi connectivity index (χ1) is 12.3. The van der Waals surface area contributed by atoms with Crippen LogP contribution >= 0.6 is 11.3 Å². The zero-order valence-corrected chi connectivity index (χ0v) is 14.2. The number of benzene rings is 2. The largest absolute Gasteiger partial charge is 0.454 e. The molecule has 0 saturated heterocycles. The third-order valence-electron chi connectivity index (χ3n) is 3.75. The molecule has 0 radical (unpaired) electrons. The van der Waals surface area contributed by atoms with Crippen LogP contribution in [-0.4, -0.2) is 24.7 Å². The molecule has 2 heterocycles. The number of fused-ring (bicyclic) bond motifs is 1. The molecule has 126 valence electrons. The molecule has 4 rings (SSSR count). The molecule has 0 fully saturated rings. The summed E-state index contributed by atoms with van der Waals surface area (Å²) in [6.07, 6.45) is 1.69. The number of thiazole rings is 1. The van der Waals surface area contributed by atoms with Gasteiger partial charge in [-0.15, -0.1) is 11.3 Å². The Morgan fingerprint density at radius 1 is 1.16 bits per heavy atom. The summed E-state index contributed by atoms with van der Waals surface area (Å²) in [4.78, 5) is 4.89. The van der Waals surface area contributed by atoms with Gasteiger partial charge in [0.15, 0.2) is 11.5 Å². The first-order valence-electron chi connectivity index (χ1n) is 7.58. The van der Waals surface area contributed by atoms with Crippen molar-refractivity contribution in [3.63, 3.8) is 0 Å². The van der Waals surface area contributed by atoms with Gasteiger partial charge < -0.3 is 9.47 Å². The predicted molar refractivity (Wildman–Crippen MR) is 94.7 cm³/mol. The summed E-state index contributed by atoms with van der Waals surface area (Å²) in [6, 6.07) is 12.2. The second kappa shape index (κ2) is 6.52. The highest BCUT2D eigenvalue weighted by molar-refractivity contribution is 7.07. The molecule has 1 aliphatic rings. The number of rotatable bonds is 3. The van der Waals surface area contributed by atoms with Crippen molar-refractivity contribution >= 4 is 17.6 Å². The normalized spacial score (nSPS) is 13.8. The summed E-state index contributed by atoms with van der Waals surface area (Å²) in [7, 11) is 1.68. The highest BCUT2D eigenvalue weighted by Crippen LogP contribution is 2.32.